The lowest BCUT2D eigenvalue weighted by atomic mass is 9.85. The number of carbonyl (C=O) groups excluding carboxylic acids is 2. The second-order valence-electron chi connectivity index (χ2n) is 8.15. The zero-order valence-electron chi connectivity index (χ0n) is 16.5. The lowest BCUT2D eigenvalue weighted by Gasteiger charge is -2.18. The lowest BCUT2D eigenvalue weighted by molar-refractivity contribution is -0.113. The first-order chi connectivity index (χ1) is 14.6. The van der Waals surface area contributed by atoms with E-state index in [1.807, 2.05) is 12.4 Å². The molecule has 0 unspecified atom stereocenters. The van der Waals surface area contributed by atoms with E-state index < -0.39 is 0 Å². The smallest absolute Gasteiger partial charge is 0.258 e. The highest BCUT2D eigenvalue weighted by molar-refractivity contribution is 9.09. The number of aliphatic imine (C=N–C) groups is 1. The van der Waals surface area contributed by atoms with Gasteiger partial charge >= 0.3 is 0 Å². The molecule has 1 aromatic rings. The van der Waals surface area contributed by atoms with Crippen LogP contribution in [0.25, 0.3) is 23.0 Å². The standard InChI is InChI=1S/C24H18BrN3O2/c1-28-11-16-20-18(12(3-2-7-25)9-13-6-8-26-22(13)20)23-19(21(16)24(28)30)15-10-14(29)4-5-17(15)27-23/h4-6,8,11H,2-3,7,9-10H2,1H3. The van der Waals surface area contributed by atoms with Crippen molar-refractivity contribution in [3.05, 3.63) is 61.6 Å². The summed E-state index contributed by atoms with van der Waals surface area (Å²) in [5, 5.41) is 4.84. The van der Waals surface area contributed by atoms with E-state index in [2.05, 4.69) is 27.0 Å². The van der Waals surface area contributed by atoms with Crippen LogP contribution in [0, 0.1) is 0 Å². The molecule has 0 saturated heterocycles. The number of allylic oxidation sites excluding steroid dienone is 4. The molecule has 3 aliphatic heterocycles. The molecule has 6 rings (SSSR count). The second-order valence-corrected chi connectivity index (χ2v) is 8.94. The third-order valence-corrected chi connectivity index (χ3v) is 6.94. The molecule has 2 aliphatic carbocycles. The molecule has 0 N–H and O–H groups in total. The van der Waals surface area contributed by atoms with Gasteiger partial charge in [-0.2, -0.15) is 0 Å². The van der Waals surface area contributed by atoms with Crippen molar-refractivity contribution in [3.63, 3.8) is 0 Å². The number of ketones is 1. The Morgan fingerprint density at radius 2 is 2.00 bits per heavy atom. The van der Waals surface area contributed by atoms with E-state index in [9.17, 15) is 9.59 Å². The van der Waals surface area contributed by atoms with Crippen molar-refractivity contribution in [3.8, 4) is 0 Å². The molecule has 0 bridgehead atoms. The zero-order valence-corrected chi connectivity index (χ0v) is 18.0. The lowest BCUT2D eigenvalue weighted by Crippen LogP contribution is -2.54. The quantitative estimate of drug-likeness (QED) is 0.638. The fourth-order valence-electron chi connectivity index (χ4n) is 5.11. The number of fused-ring (bicyclic) bond motifs is 8. The van der Waals surface area contributed by atoms with Crippen molar-refractivity contribution in [2.75, 3.05) is 12.4 Å². The number of amides is 1. The molecule has 148 valence electrons. The number of hydrogen-bond donors (Lipinski definition) is 0. The maximum atomic E-state index is 13.2. The topological polar surface area (TPSA) is 62.1 Å². The average Bonchev–Trinajstić information content (AvgIpc) is 3.42. The van der Waals surface area contributed by atoms with E-state index >= 15 is 0 Å². The summed E-state index contributed by atoms with van der Waals surface area (Å²) in [6, 6.07) is 0. The third-order valence-electron chi connectivity index (χ3n) is 6.38. The fraction of sp³-hybridized carbons (Fsp3) is 0.250. The molecule has 0 saturated carbocycles. The minimum Gasteiger partial charge on any atom is -0.317 e. The van der Waals surface area contributed by atoms with Gasteiger partial charge in [-0.3, -0.25) is 14.6 Å². The first-order valence-corrected chi connectivity index (χ1v) is 11.2. The molecule has 1 amide bonds. The maximum absolute atomic E-state index is 13.2. The Bertz CT molecular complexity index is 1470. The first kappa shape index (κ1) is 18.0. The number of rotatable bonds is 3. The average molecular weight is 460 g/mol. The molecule has 5 nitrogen and oxygen atoms in total. The number of hydrogen-bond acceptors (Lipinski definition) is 4. The number of alkyl halides is 1. The molecular weight excluding hydrogens is 442 g/mol. The van der Waals surface area contributed by atoms with E-state index in [-0.39, 0.29) is 11.7 Å². The van der Waals surface area contributed by atoms with Gasteiger partial charge in [-0.1, -0.05) is 21.5 Å². The van der Waals surface area contributed by atoms with Crippen LogP contribution in [0.4, 0.5) is 0 Å². The summed E-state index contributed by atoms with van der Waals surface area (Å²) in [5.74, 6) is 0.00483. The second kappa shape index (κ2) is 6.32. The number of halogens is 1. The summed E-state index contributed by atoms with van der Waals surface area (Å²) < 4.78 is 0. The molecule has 1 aromatic carbocycles. The van der Waals surface area contributed by atoms with Crippen molar-refractivity contribution in [1.82, 2.24) is 4.90 Å². The molecule has 0 spiro atoms. The van der Waals surface area contributed by atoms with Gasteiger partial charge in [-0.15, -0.1) is 0 Å². The molecule has 0 aromatic heterocycles. The summed E-state index contributed by atoms with van der Waals surface area (Å²) in [4.78, 5) is 36.7. The molecule has 0 radical (unpaired) electrons. The van der Waals surface area contributed by atoms with Crippen molar-refractivity contribution < 1.29 is 9.59 Å². The Hall–Kier alpha value is -2.86. The summed E-state index contributed by atoms with van der Waals surface area (Å²) in [5.41, 5.74) is 6.71. The highest BCUT2D eigenvalue weighted by Crippen LogP contribution is 2.33. The van der Waals surface area contributed by atoms with Gasteiger partial charge in [0.05, 0.1) is 22.3 Å². The van der Waals surface area contributed by atoms with Crippen molar-refractivity contribution in [2.45, 2.75) is 25.7 Å². The SMILES string of the molecule is CN1C=c2c(c3c(c4c2=C2N=CC=C2CC=4CCCBr)=NC2=C3CC(=O)C=C2)C1=O. The van der Waals surface area contributed by atoms with Crippen LogP contribution in [-0.2, 0) is 4.79 Å². The minimum atomic E-state index is -0.0457. The Kier molecular flexibility index (Phi) is 3.78. The summed E-state index contributed by atoms with van der Waals surface area (Å²) in [7, 11) is 1.78. The molecular formula is C24H18BrN3O2. The van der Waals surface area contributed by atoms with Crippen LogP contribution in [-0.4, -0.2) is 35.2 Å². The van der Waals surface area contributed by atoms with Gasteiger partial charge in [0.2, 0.25) is 0 Å². The Morgan fingerprint density at radius 3 is 2.83 bits per heavy atom. The van der Waals surface area contributed by atoms with Gasteiger partial charge in [0.15, 0.2) is 5.78 Å². The zero-order chi connectivity index (χ0) is 20.6. The summed E-state index contributed by atoms with van der Waals surface area (Å²) in [6.07, 6.45) is 12.3. The minimum absolute atomic E-state index is 0.0457. The number of benzene rings is 1. The molecule has 5 aliphatic rings. The maximum Gasteiger partial charge on any atom is 0.258 e. The fourth-order valence-corrected chi connectivity index (χ4v) is 5.39. The van der Waals surface area contributed by atoms with Crippen LogP contribution in [0.5, 0.6) is 0 Å². The van der Waals surface area contributed by atoms with Gasteiger partial charge in [0.1, 0.15) is 0 Å². The van der Waals surface area contributed by atoms with Crippen LogP contribution in [0.3, 0.4) is 0 Å². The van der Waals surface area contributed by atoms with Gasteiger partial charge in [0.25, 0.3) is 5.91 Å². The van der Waals surface area contributed by atoms with Crippen molar-refractivity contribution >= 4 is 56.9 Å². The van der Waals surface area contributed by atoms with Crippen LogP contribution < -0.4 is 21.0 Å². The highest BCUT2D eigenvalue weighted by Gasteiger charge is 2.34. The normalized spacial score (nSPS) is 20.1. The van der Waals surface area contributed by atoms with Gasteiger partial charge in [-0.25, -0.2) is 4.99 Å². The van der Waals surface area contributed by atoms with Gasteiger partial charge < -0.3 is 4.90 Å². The Labute approximate surface area is 181 Å². The monoisotopic (exact) mass is 459 g/mol. The third kappa shape index (κ3) is 2.28. The molecule has 6 heteroatoms. The van der Waals surface area contributed by atoms with Crippen molar-refractivity contribution in [1.29, 1.82) is 0 Å². The number of nitrogens with zero attached hydrogens (tertiary/aromatic N) is 3. The van der Waals surface area contributed by atoms with Crippen LogP contribution in [0.2, 0.25) is 0 Å². The van der Waals surface area contributed by atoms with Crippen LogP contribution in [0.15, 0.2) is 39.5 Å². The van der Waals surface area contributed by atoms with Crippen molar-refractivity contribution in [2.24, 2.45) is 9.98 Å². The molecule has 0 fully saturated rings. The van der Waals surface area contributed by atoms with E-state index in [4.69, 9.17) is 4.99 Å². The Morgan fingerprint density at radius 1 is 1.13 bits per heavy atom. The molecule has 30 heavy (non-hydrogen) atoms. The predicted octanol–water partition coefficient (Wildman–Crippen LogP) is 1.23. The largest absolute Gasteiger partial charge is 0.317 e. The molecule has 3 heterocycles. The molecule has 0 atom stereocenters. The predicted molar refractivity (Wildman–Crippen MR) is 120 cm³/mol. The van der Waals surface area contributed by atoms with Crippen LogP contribution >= 0.6 is 15.9 Å². The Balaban J connectivity index is 1.85. The van der Waals surface area contributed by atoms with Gasteiger partial charge in [0, 0.05) is 52.4 Å². The van der Waals surface area contributed by atoms with Crippen LogP contribution in [0.1, 0.15) is 41.6 Å². The van der Waals surface area contributed by atoms with Gasteiger partial charge in [-0.05, 0) is 48.6 Å². The van der Waals surface area contributed by atoms with E-state index in [0.717, 1.165) is 68.1 Å². The highest BCUT2D eigenvalue weighted by atomic mass is 79.9. The first-order valence-electron chi connectivity index (χ1n) is 10.1. The summed E-state index contributed by atoms with van der Waals surface area (Å²) >= 11 is 3.56. The van der Waals surface area contributed by atoms with E-state index in [1.165, 1.54) is 11.1 Å². The number of carbonyl (C=O) groups is 2. The van der Waals surface area contributed by atoms with E-state index in [0.29, 0.717) is 12.0 Å². The summed E-state index contributed by atoms with van der Waals surface area (Å²) in [6.45, 7) is 0. The van der Waals surface area contributed by atoms with E-state index in [1.54, 1.807) is 24.1 Å².